The molecule has 0 saturated carbocycles. The molecule has 1 aromatic rings. The van der Waals surface area contributed by atoms with E-state index >= 15 is 0 Å². The highest BCUT2D eigenvalue weighted by atomic mass is 16.1. The minimum atomic E-state index is -0.167. The minimum absolute atomic E-state index is 0.0430. The first-order chi connectivity index (χ1) is 8.15. The van der Waals surface area contributed by atoms with Gasteiger partial charge in [0.15, 0.2) is 0 Å². The van der Waals surface area contributed by atoms with Crippen LogP contribution in [0.5, 0.6) is 0 Å². The van der Waals surface area contributed by atoms with Gasteiger partial charge in [-0.2, -0.15) is 0 Å². The number of nitrogen functional groups attached to an aromatic ring is 1. The molecule has 2 rings (SSSR count). The zero-order chi connectivity index (χ0) is 12.3. The fourth-order valence-corrected chi connectivity index (χ4v) is 2.24. The molecule has 0 bridgehead atoms. The lowest BCUT2D eigenvalue weighted by atomic mass is 10.1. The van der Waals surface area contributed by atoms with Crippen LogP contribution in [0.15, 0.2) is 24.3 Å². The summed E-state index contributed by atoms with van der Waals surface area (Å²) in [7, 11) is 0. The number of carbonyl (C=O) groups is 1. The van der Waals surface area contributed by atoms with E-state index in [1.807, 2.05) is 12.1 Å². The van der Waals surface area contributed by atoms with E-state index in [2.05, 4.69) is 17.0 Å². The van der Waals surface area contributed by atoms with E-state index in [0.29, 0.717) is 0 Å². The maximum absolute atomic E-state index is 11.0. The molecule has 1 aromatic carbocycles. The van der Waals surface area contributed by atoms with Crippen LogP contribution >= 0.6 is 0 Å². The molecule has 0 aromatic heterocycles. The van der Waals surface area contributed by atoms with E-state index < -0.39 is 0 Å². The molecule has 1 saturated heterocycles. The number of amides is 1. The largest absolute Gasteiger partial charge is 0.399 e. The third kappa shape index (κ3) is 3.20. The van der Waals surface area contributed by atoms with Crippen molar-refractivity contribution in [3.05, 3.63) is 29.8 Å². The monoisotopic (exact) mass is 233 g/mol. The molecule has 17 heavy (non-hydrogen) atoms. The predicted molar refractivity (Wildman–Crippen MR) is 68.3 cm³/mol. The molecule has 1 aliphatic rings. The Labute approximate surface area is 102 Å². The maximum Gasteiger partial charge on any atom is 0.221 e. The Morgan fingerprint density at radius 3 is 2.65 bits per heavy atom. The summed E-state index contributed by atoms with van der Waals surface area (Å²) in [5.41, 5.74) is 13.0. The Morgan fingerprint density at radius 2 is 2.06 bits per heavy atom. The third-order valence-electron chi connectivity index (χ3n) is 3.37. The van der Waals surface area contributed by atoms with Crippen LogP contribution in [-0.4, -0.2) is 30.4 Å². The van der Waals surface area contributed by atoms with Crippen LogP contribution in [0.2, 0.25) is 0 Å². The molecule has 0 radical (unpaired) electrons. The molecule has 92 valence electrons. The van der Waals surface area contributed by atoms with Crippen molar-refractivity contribution in [2.24, 2.45) is 11.7 Å². The summed E-state index contributed by atoms with van der Waals surface area (Å²) in [6, 6.07) is 7.95. The van der Waals surface area contributed by atoms with Gasteiger partial charge in [0.1, 0.15) is 0 Å². The van der Waals surface area contributed by atoms with Crippen molar-refractivity contribution in [1.29, 1.82) is 0 Å². The highest BCUT2D eigenvalue weighted by Crippen LogP contribution is 2.16. The van der Waals surface area contributed by atoms with E-state index in [4.69, 9.17) is 11.5 Å². The van der Waals surface area contributed by atoms with Gasteiger partial charge in [0, 0.05) is 18.8 Å². The van der Waals surface area contributed by atoms with Gasteiger partial charge >= 0.3 is 0 Å². The lowest BCUT2D eigenvalue weighted by molar-refractivity contribution is -0.121. The van der Waals surface area contributed by atoms with Gasteiger partial charge in [-0.15, -0.1) is 0 Å². The van der Waals surface area contributed by atoms with E-state index in [-0.39, 0.29) is 11.8 Å². The van der Waals surface area contributed by atoms with Gasteiger partial charge in [0.2, 0.25) is 5.91 Å². The Bertz CT molecular complexity index is 388. The van der Waals surface area contributed by atoms with Crippen LogP contribution in [0.3, 0.4) is 0 Å². The summed E-state index contributed by atoms with van der Waals surface area (Å²) in [6.07, 6.45) is 1.89. The minimum Gasteiger partial charge on any atom is -0.399 e. The van der Waals surface area contributed by atoms with Gasteiger partial charge < -0.3 is 16.4 Å². The number of carbonyl (C=O) groups excluding carboxylic acids is 1. The molecular formula is C13H19N3O. The number of nitrogens with zero attached hydrogens (tertiary/aromatic N) is 1. The second-order valence-corrected chi connectivity index (χ2v) is 4.68. The smallest absolute Gasteiger partial charge is 0.221 e. The molecule has 4 N–H and O–H groups in total. The van der Waals surface area contributed by atoms with Gasteiger partial charge in [0.25, 0.3) is 0 Å². The van der Waals surface area contributed by atoms with Crippen LogP contribution in [0, 0.1) is 5.92 Å². The summed E-state index contributed by atoms with van der Waals surface area (Å²) in [4.78, 5) is 13.3. The second-order valence-electron chi connectivity index (χ2n) is 4.68. The van der Waals surface area contributed by atoms with Crippen molar-refractivity contribution < 1.29 is 4.79 Å². The molecule has 0 spiro atoms. The zero-order valence-corrected chi connectivity index (χ0v) is 9.93. The highest BCUT2D eigenvalue weighted by molar-refractivity contribution is 5.77. The molecule has 1 fully saturated rings. The second kappa shape index (κ2) is 5.19. The van der Waals surface area contributed by atoms with Crippen LogP contribution in [0.1, 0.15) is 12.0 Å². The number of nitrogens with two attached hydrogens (primary N) is 2. The van der Waals surface area contributed by atoms with Crippen molar-refractivity contribution in [1.82, 2.24) is 4.90 Å². The third-order valence-corrected chi connectivity index (χ3v) is 3.37. The summed E-state index contributed by atoms with van der Waals surface area (Å²) in [5.74, 6) is -0.124. The van der Waals surface area contributed by atoms with Gasteiger partial charge in [0.05, 0.1) is 5.92 Å². The first kappa shape index (κ1) is 11.9. The van der Waals surface area contributed by atoms with Crippen LogP contribution < -0.4 is 11.5 Å². The number of anilines is 1. The first-order valence-electron chi connectivity index (χ1n) is 6.01. The molecule has 1 aliphatic heterocycles. The van der Waals surface area contributed by atoms with Gasteiger partial charge in [-0.1, -0.05) is 12.1 Å². The van der Waals surface area contributed by atoms with Gasteiger partial charge in [-0.25, -0.2) is 0 Å². The number of likely N-dealkylation sites (tertiary alicyclic amines) is 1. The molecule has 1 heterocycles. The fourth-order valence-electron chi connectivity index (χ4n) is 2.24. The number of rotatable bonds is 4. The van der Waals surface area contributed by atoms with Crippen molar-refractivity contribution in [3.63, 3.8) is 0 Å². The lowest BCUT2D eigenvalue weighted by Gasteiger charge is -2.15. The van der Waals surface area contributed by atoms with E-state index in [1.54, 1.807) is 0 Å². The molecule has 4 heteroatoms. The molecule has 0 aliphatic carbocycles. The molecule has 4 nitrogen and oxygen atoms in total. The van der Waals surface area contributed by atoms with E-state index in [1.165, 1.54) is 5.56 Å². The van der Waals surface area contributed by atoms with Crippen molar-refractivity contribution >= 4 is 11.6 Å². The van der Waals surface area contributed by atoms with Crippen molar-refractivity contribution in [2.45, 2.75) is 12.8 Å². The highest BCUT2D eigenvalue weighted by Gasteiger charge is 2.25. The van der Waals surface area contributed by atoms with Gasteiger partial charge in [-0.3, -0.25) is 4.79 Å². The Morgan fingerprint density at radius 1 is 1.35 bits per heavy atom. The SMILES string of the molecule is NC(=O)C1CCN(CCc2ccc(N)cc2)C1. The number of hydrogen-bond acceptors (Lipinski definition) is 3. The predicted octanol–water partition coefficient (Wildman–Crippen LogP) is 0.619. The average Bonchev–Trinajstić information content (AvgIpc) is 2.77. The molecular weight excluding hydrogens is 214 g/mol. The fraction of sp³-hybridized carbons (Fsp3) is 0.462. The topological polar surface area (TPSA) is 72.4 Å². The number of primary amides is 1. The van der Waals surface area contributed by atoms with Crippen molar-refractivity contribution in [2.75, 3.05) is 25.4 Å². The van der Waals surface area contributed by atoms with Crippen LogP contribution in [0.25, 0.3) is 0 Å². The Balaban J connectivity index is 1.80. The summed E-state index contributed by atoms with van der Waals surface area (Å²) in [5, 5.41) is 0. The normalized spacial score (nSPS) is 20.6. The quantitative estimate of drug-likeness (QED) is 0.749. The summed E-state index contributed by atoms with van der Waals surface area (Å²) >= 11 is 0. The Kier molecular flexibility index (Phi) is 3.64. The molecule has 1 atom stereocenters. The average molecular weight is 233 g/mol. The first-order valence-corrected chi connectivity index (χ1v) is 6.01. The maximum atomic E-state index is 11.0. The van der Waals surface area contributed by atoms with Crippen LogP contribution in [0.4, 0.5) is 5.69 Å². The van der Waals surface area contributed by atoms with E-state index in [0.717, 1.165) is 38.2 Å². The molecule has 1 amide bonds. The van der Waals surface area contributed by atoms with E-state index in [9.17, 15) is 4.79 Å². The number of benzene rings is 1. The lowest BCUT2D eigenvalue weighted by Crippen LogP contribution is -2.28. The van der Waals surface area contributed by atoms with Crippen LogP contribution in [-0.2, 0) is 11.2 Å². The zero-order valence-electron chi connectivity index (χ0n) is 9.93. The Hall–Kier alpha value is -1.55. The molecule has 1 unspecified atom stereocenters. The number of hydrogen-bond donors (Lipinski definition) is 2. The standard InChI is InChI=1S/C13H19N3O/c14-12-3-1-10(2-4-12)5-7-16-8-6-11(9-16)13(15)17/h1-4,11H,5-9,14H2,(H2,15,17). The summed E-state index contributed by atoms with van der Waals surface area (Å²) in [6.45, 7) is 2.76. The van der Waals surface area contributed by atoms with Gasteiger partial charge in [-0.05, 0) is 37.1 Å². The van der Waals surface area contributed by atoms with Crippen molar-refractivity contribution in [3.8, 4) is 0 Å². The summed E-state index contributed by atoms with van der Waals surface area (Å²) < 4.78 is 0.